The summed E-state index contributed by atoms with van der Waals surface area (Å²) >= 11 is 0. The summed E-state index contributed by atoms with van der Waals surface area (Å²) in [7, 11) is -0.691. The maximum atomic E-state index is 11.9. The molecule has 0 aromatic heterocycles. The molecule has 8 heteroatoms. The third-order valence-electron chi connectivity index (χ3n) is 2.66. The molecule has 0 bridgehead atoms. The van der Waals surface area contributed by atoms with Gasteiger partial charge >= 0.3 is 5.97 Å². The molecule has 16 heavy (non-hydrogen) atoms. The molecular weight excluding hydrogens is 234 g/mol. The predicted octanol–water partition coefficient (Wildman–Crippen LogP) is -1.46. The summed E-state index contributed by atoms with van der Waals surface area (Å²) in [5.41, 5.74) is 0. The Balaban J connectivity index is 2.95. The molecule has 0 radical (unpaired) electrons. The summed E-state index contributed by atoms with van der Waals surface area (Å²) in [6, 6.07) is -1.46. The van der Waals surface area contributed by atoms with Crippen molar-refractivity contribution in [3.63, 3.8) is 0 Å². The zero-order valence-corrected chi connectivity index (χ0v) is 10.4. The van der Waals surface area contributed by atoms with Gasteiger partial charge in [0.15, 0.2) is 0 Å². The van der Waals surface area contributed by atoms with Gasteiger partial charge in [0.05, 0.1) is 0 Å². The van der Waals surface area contributed by atoms with Crippen LogP contribution in [0.25, 0.3) is 0 Å². The Morgan fingerprint density at radius 2 is 2.06 bits per heavy atom. The fraction of sp³-hybridized carbons (Fsp3) is 0.875. The van der Waals surface area contributed by atoms with Crippen molar-refractivity contribution in [1.29, 1.82) is 0 Å². The Labute approximate surface area is 95.2 Å². The smallest absolute Gasteiger partial charge is 0.322 e. The van der Waals surface area contributed by atoms with Crippen LogP contribution >= 0.6 is 0 Å². The lowest BCUT2D eigenvalue weighted by Crippen LogP contribution is -2.62. The quantitative estimate of drug-likeness (QED) is 0.640. The number of carbonyl (C=O) groups is 1. The Kier molecular flexibility index (Phi) is 3.89. The van der Waals surface area contributed by atoms with Crippen LogP contribution in [0.3, 0.4) is 0 Å². The van der Waals surface area contributed by atoms with Crippen molar-refractivity contribution in [3.8, 4) is 0 Å². The first-order valence-electron chi connectivity index (χ1n) is 4.94. The predicted molar refractivity (Wildman–Crippen MR) is 58.2 cm³/mol. The molecule has 94 valence electrons. The highest BCUT2D eigenvalue weighted by Crippen LogP contribution is 2.15. The normalized spacial score (nSPS) is 28.2. The van der Waals surface area contributed by atoms with Crippen LogP contribution in [0, 0.1) is 0 Å². The number of carboxylic acid groups (broad SMARTS) is 1. The molecule has 1 aliphatic heterocycles. The minimum atomic E-state index is -3.55. The first kappa shape index (κ1) is 13.4. The second-order valence-corrected chi connectivity index (χ2v) is 6.01. The van der Waals surface area contributed by atoms with Crippen LogP contribution in [0.4, 0.5) is 0 Å². The number of hydrogen-bond acceptors (Lipinski definition) is 4. The molecule has 1 aliphatic rings. The highest BCUT2D eigenvalue weighted by molar-refractivity contribution is 7.86. The van der Waals surface area contributed by atoms with Crippen molar-refractivity contribution < 1.29 is 18.3 Å². The summed E-state index contributed by atoms with van der Waals surface area (Å²) in [4.78, 5) is 10.9. The average Bonchev–Trinajstić information content (AvgIpc) is 2.16. The fourth-order valence-electron chi connectivity index (χ4n) is 1.70. The third-order valence-corrected chi connectivity index (χ3v) is 4.69. The van der Waals surface area contributed by atoms with Crippen LogP contribution in [-0.4, -0.2) is 67.4 Å². The van der Waals surface area contributed by atoms with Crippen molar-refractivity contribution in [1.82, 2.24) is 13.9 Å². The zero-order valence-electron chi connectivity index (χ0n) is 9.54. The average molecular weight is 251 g/mol. The van der Waals surface area contributed by atoms with Gasteiger partial charge in [-0.2, -0.15) is 17.0 Å². The molecule has 2 N–H and O–H groups in total. The Morgan fingerprint density at radius 3 is 2.50 bits per heavy atom. The van der Waals surface area contributed by atoms with Crippen LogP contribution in [-0.2, 0) is 15.0 Å². The third kappa shape index (κ3) is 2.34. The highest BCUT2D eigenvalue weighted by atomic mass is 32.2. The Bertz CT molecular complexity index is 367. The zero-order chi connectivity index (χ0) is 12.5. The molecule has 1 rings (SSSR count). The van der Waals surface area contributed by atoms with Gasteiger partial charge < -0.3 is 10.4 Å². The van der Waals surface area contributed by atoms with E-state index in [1.54, 1.807) is 6.92 Å². The Morgan fingerprint density at radius 1 is 1.50 bits per heavy atom. The maximum absolute atomic E-state index is 11.9. The van der Waals surface area contributed by atoms with E-state index in [2.05, 4.69) is 5.32 Å². The van der Waals surface area contributed by atoms with Gasteiger partial charge in [-0.25, -0.2) is 0 Å². The molecule has 0 aromatic rings. The lowest BCUT2D eigenvalue weighted by Gasteiger charge is -2.38. The van der Waals surface area contributed by atoms with Gasteiger partial charge in [-0.3, -0.25) is 4.79 Å². The van der Waals surface area contributed by atoms with Gasteiger partial charge in [0.25, 0.3) is 10.2 Å². The molecule has 2 atom stereocenters. The van der Waals surface area contributed by atoms with E-state index in [0.29, 0.717) is 6.54 Å². The van der Waals surface area contributed by atoms with Crippen molar-refractivity contribution >= 4 is 16.2 Å². The van der Waals surface area contributed by atoms with Crippen LogP contribution in [0.5, 0.6) is 0 Å². The molecule has 1 fully saturated rings. The number of hydrogen-bond donors (Lipinski definition) is 2. The van der Waals surface area contributed by atoms with Gasteiger partial charge in [-0.05, 0) is 6.92 Å². The Hall–Kier alpha value is -0.700. The number of nitrogens with one attached hydrogen (secondary N) is 1. The van der Waals surface area contributed by atoms with Crippen molar-refractivity contribution in [2.45, 2.75) is 19.0 Å². The number of piperazine rings is 1. The molecule has 0 spiro atoms. The van der Waals surface area contributed by atoms with E-state index in [4.69, 9.17) is 5.11 Å². The van der Waals surface area contributed by atoms with Crippen LogP contribution < -0.4 is 5.32 Å². The summed E-state index contributed by atoms with van der Waals surface area (Å²) in [5, 5.41) is 11.7. The second-order valence-electron chi connectivity index (χ2n) is 3.91. The summed E-state index contributed by atoms with van der Waals surface area (Å²) in [6.45, 7) is 2.21. The van der Waals surface area contributed by atoms with E-state index >= 15 is 0 Å². The monoisotopic (exact) mass is 251 g/mol. The van der Waals surface area contributed by atoms with Crippen LogP contribution in [0.2, 0.25) is 0 Å². The van der Waals surface area contributed by atoms with Gasteiger partial charge in [-0.1, -0.05) is 0 Å². The van der Waals surface area contributed by atoms with E-state index in [-0.39, 0.29) is 6.54 Å². The number of aliphatic carboxylic acids is 1. The standard InChI is InChI=1S/C8H17N3O4S/c1-6-7(8(12)13)9-4-5-11(6)16(14,15)10(2)3/h6-7,9H,4-5H2,1-3H3,(H,12,13). The first-order chi connectivity index (χ1) is 7.28. The minimum Gasteiger partial charge on any atom is -0.480 e. The molecule has 0 aliphatic carbocycles. The van der Waals surface area contributed by atoms with E-state index in [1.165, 1.54) is 18.4 Å². The molecule has 0 aromatic carbocycles. The molecule has 1 saturated heterocycles. The summed E-state index contributed by atoms with van der Waals surface area (Å²) in [5.74, 6) is -1.04. The molecule has 1 heterocycles. The lowest BCUT2D eigenvalue weighted by molar-refractivity contribution is -0.141. The van der Waals surface area contributed by atoms with E-state index in [1.807, 2.05) is 0 Å². The van der Waals surface area contributed by atoms with Crippen LogP contribution in [0.15, 0.2) is 0 Å². The van der Waals surface area contributed by atoms with Crippen LogP contribution in [0.1, 0.15) is 6.92 Å². The minimum absolute atomic E-state index is 0.283. The topological polar surface area (TPSA) is 90.0 Å². The molecule has 2 unspecified atom stereocenters. The van der Waals surface area contributed by atoms with Crippen molar-refractivity contribution in [2.24, 2.45) is 0 Å². The summed E-state index contributed by atoms with van der Waals surface area (Å²) in [6.07, 6.45) is 0. The summed E-state index contributed by atoms with van der Waals surface area (Å²) < 4.78 is 26.1. The van der Waals surface area contributed by atoms with Crippen molar-refractivity contribution in [2.75, 3.05) is 27.2 Å². The van der Waals surface area contributed by atoms with Crippen molar-refractivity contribution in [3.05, 3.63) is 0 Å². The van der Waals surface area contributed by atoms with E-state index in [9.17, 15) is 13.2 Å². The van der Waals surface area contributed by atoms with Gasteiger partial charge in [0.2, 0.25) is 0 Å². The second kappa shape index (κ2) is 4.66. The maximum Gasteiger partial charge on any atom is 0.322 e. The number of nitrogens with zero attached hydrogens (tertiary/aromatic N) is 2. The number of rotatable bonds is 3. The molecule has 7 nitrogen and oxygen atoms in total. The highest BCUT2D eigenvalue weighted by Gasteiger charge is 2.39. The van der Waals surface area contributed by atoms with Gasteiger partial charge in [-0.15, -0.1) is 0 Å². The van der Waals surface area contributed by atoms with E-state index in [0.717, 1.165) is 4.31 Å². The number of carboxylic acids is 1. The molecular formula is C8H17N3O4S. The first-order valence-corrected chi connectivity index (χ1v) is 6.33. The van der Waals surface area contributed by atoms with Gasteiger partial charge in [0.1, 0.15) is 6.04 Å². The SMILES string of the molecule is CC1C(C(=O)O)NCCN1S(=O)(=O)N(C)C. The van der Waals surface area contributed by atoms with Gasteiger partial charge in [0, 0.05) is 33.2 Å². The largest absolute Gasteiger partial charge is 0.480 e. The lowest BCUT2D eigenvalue weighted by atomic mass is 10.1. The fourth-order valence-corrected chi connectivity index (χ4v) is 2.98. The molecule has 0 saturated carbocycles. The molecule has 0 amide bonds. The van der Waals surface area contributed by atoms with E-state index < -0.39 is 28.3 Å².